The van der Waals surface area contributed by atoms with E-state index in [1.54, 1.807) is 7.11 Å². The number of rotatable bonds is 7. The Balaban J connectivity index is 2.55. The molecule has 4 heteroatoms. The zero-order valence-electron chi connectivity index (χ0n) is 10.5. The van der Waals surface area contributed by atoms with E-state index >= 15 is 0 Å². The quantitative estimate of drug-likeness (QED) is 0.720. The van der Waals surface area contributed by atoms with E-state index in [0.717, 1.165) is 31.0 Å². The average molecular weight is 233 g/mol. The second-order valence-corrected chi connectivity index (χ2v) is 3.95. The van der Waals surface area contributed by atoms with E-state index < -0.39 is 0 Å². The summed E-state index contributed by atoms with van der Waals surface area (Å²) >= 11 is 0. The SMILES string of the molecule is COCCN(CCC#N)Cc1cccc(C)n1. The molecule has 0 N–H and O–H groups in total. The Morgan fingerprint density at radius 2 is 2.24 bits per heavy atom. The van der Waals surface area contributed by atoms with Crippen molar-refractivity contribution >= 4 is 0 Å². The molecule has 1 rings (SSSR count). The monoisotopic (exact) mass is 233 g/mol. The summed E-state index contributed by atoms with van der Waals surface area (Å²) in [6.45, 7) is 5.02. The Morgan fingerprint density at radius 3 is 2.88 bits per heavy atom. The number of hydrogen-bond donors (Lipinski definition) is 0. The van der Waals surface area contributed by atoms with Gasteiger partial charge in [0.15, 0.2) is 0 Å². The molecule has 0 aromatic carbocycles. The Bertz CT molecular complexity index is 373. The maximum Gasteiger partial charge on any atom is 0.0635 e. The van der Waals surface area contributed by atoms with Crippen LogP contribution in [0.15, 0.2) is 18.2 Å². The summed E-state index contributed by atoms with van der Waals surface area (Å²) in [4.78, 5) is 6.65. The molecule has 0 spiro atoms. The summed E-state index contributed by atoms with van der Waals surface area (Å²) in [6, 6.07) is 8.18. The Hall–Kier alpha value is -1.44. The molecular formula is C13H19N3O. The van der Waals surface area contributed by atoms with Crippen LogP contribution >= 0.6 is 0 Å². The topological polar surface area (TPSA) is 49.1 Å². The third-order valence-electron chi connectivity index (χ3n) is 2.48. The highest BCUT2D eigenvalue weighted by Crippen LogP contribution is 2.04. The highest BCUT2D eigenvalue weighted by Gasteiger charge is 2.06. The normalized spacial score (nSPS) is 10.5. The largest absolute Gasteiger partial charge is 0.383 e. The van der Waals surface area contributed by atoms with Crippen LogP contribution in [0.4, 0.5) is 0 Å². The lowest BCUT2D eigenvalue weighted by Gasteiger charge is -2.20. The van der Waals surface area contributed by atoms with E-state index in [0.29, 0.717) is 13.0 Å². The molecule has 0 aliphatic carbocycles. The van der Waals surface area contributed by atoms with E-state index in [-0.39, 0.29) is 0 Å². The lowest BCUT2D eigenvalue weighted by molar-refractivity contribution is 0.144. The van der Waals surface area contributed by atoms with Crippen molar-refractivity contribution in [1.82, 2.24) is 9.88 Å². The van der Waals surface area contributed by atoms with Crippen LogP contribution in [-0.4, -0.2) is 36.7 Å². The van der Waals surface area contributed by atoms with Crippen molar-refractivity contribution in [1.29, 1.82) is 5.26 Å². The molecule has 17 heavy (non-hydrogen) atoms. The van der Waals surface area contributed by atoms with Crippen LogP contribution in [-0.2, 0) is 11.3 Å². The van der Waals surface area contributed by atoms with Gasteiger partial charge in [0.1, 0.15) is 0 Å². The van der Waals surface area contributed by atoms with E-state index in [1.807, 2.05) is 25.1 Å². The lowest BCUT2D eigenvalue weighted by atomic mass is 10.3. The van der Waals surface area contributed by atoms with E-state index in [2.05, 4.69) is 16.0 Å². The molecule has 0 radical (unpaired) electrons. The van der Waals surface area contributed by atoms with Gasteiger partial charge in [0.25, 0.3) is 0 Å². The fourth-order valence-electron chi connectivity index (χ4n) is 1.62. The summed E-state index contributed by atoms with van der Waals surface area (Å²) in [6.07, 6.45) is 0.537. The van der Waals surface area contributed by atoms with Gasteiger partial charge in [0.05, 0.1) is 18.4 Å². The summed E-state index contributed by atoms with van der Waals surface area (Å²) in [5.74, 6) is 0. The Morgan fingerprint density at radius 1 is 1.41 bits per heavy atom. The fourth-order valence-corrected chi connectivity index (χ4v) is 1.62. The lowest BCUT2D eigenvalue weighted by Crippen LogP contribution is -2.28. The molecule has 0 saturated carbocycles. The number of pyridine rings is 1. The van der Waals surface area contributed by atoms with Crippen LogP contribution in [0.3, 0.4) is 0 Å². The van der Waals surface area contributed by atoms with Gasteiger partial charge >= 0.3 is 0 Å². The zero-order chi connectivity index (χ0) is 12.5. The molecule has 0 aliphatic rings. The second kappa shape index (κ2) is 7.77. The second-order valence-electron chi connectivity index (χ2n) is 3.95. The van der Waals surface area contributed by atoms with Gasteiger partial charge in [-0.1, -0.05) is 6.07 Å². The molecular weight excluding hydrogens is 214 g/mol. The number of nitriles is 1. The molecule has 1 aromatic rings. The number of aromatic nitrogens is 1. The van der Waals surface area contributed by atoms with Crippen molar-refractivity contribution in [3.63, 3.8) is 0 Å². The smallest absolute Gasteiger partial charge is 0.0635 e. The minimum Gasteiger partial charge on any atom is -0.383 e. The van der Waals surface area contributed by atoms with Crippen molar-refractivity contribution in [2.75, 3.05) is 26.8 Å². The first kappa shape index (κ1) is 13.6. The number of ether oxygens (including phenoxy) is 1. The molecule has 1 heterocycles. The van der Waals surface area contributed by atoms with Gasteiger partial charge in [-0.25, -0.2) is 0 Å². The maximum atomic E-state index is 8.63. The first-order chi connectivity index (χ1) is 8.26. The highest BCUT2D eigenvalue weighted by molar-refractivity contribution is 5.09. The molecule has 0 bridgehead atoms. The van der Waals surface area contributed by atoms with Crippen molar-refractivity contribution in [3.05, 3.63) is 29.6 Å². The molecule has 0 amide bonds. The molecule has 0 fully saturated rings. The predicted octanol–water partition coefficient (Wildman–Crippen LogP) is 1.75. The van der Waals surface area contributed by atoms with Gasteiger partial charge in [0.2, 0.25) is 0 Å². The van der Waals surface area contributed by atoms with Crippen molar-refractivity contribution < 1.29 is 4.74 Å². The van der Waals surface area contributed by atoms with Gasteiger partial charge < -0.3 is 4.74 Å². The standard InChI is InChI=1S/C13H19N3O/c1-12-5-3-6-13(15-12)11-16(8-4-7-14)9-10-17-2/h3,5-6H,4,8-11H2,1-2H3. The van der Waals surface area contributed by atoms with Gasteiger partial charge in [-0.05, 0) is 19.1 Å². The van der Waals surface area contributed by atoms with Crippen LogP contribution in [0.1, 0.15) is 17.8 Å². The third kappa shape index (κ3) is 5.43. The van der Waals surface area contributed by atoms with Crippen molar-refractivity contribution in [2.45, 2.75) is 19.9 Å². The van der Waals surface area contributed by atoms with E-state index in [1.165, 1.54) is 0 Å². The molecule has 1 aromatic heterocycles. The van der Waals surface area contributed by atoms with Crippen LogP contribution in [0.5, 0.6) is 0 Å². The van der Waals surface area contributed by atoms with E-state index in [9.17, 15) is 0 Å². The summed E-state index contributed by atoms with van der Waals surface area (Å²) < 4.78 is 5.07. The maximum absolute atomic E-state index is 8.63. The third-order valence-corrected chi connectivity index (χ3v) is 2.48. The Kier molecular flexibility index (Phi) is 6.23. The van der Waals surface area contributed by atoms with Gasteiger partial charge in [0, 0.05) is 38.9 Å². The molecule has 92 valence electrons. The minimum absolute atomic E-state index is 0.537. The number of methoxy groups -OCH3 is 1. The first-order valence-corrected chi connectivity index (χ1v) is 5.77. The van der Waals surface area contributed by atoms with Crippen molar-refractivity contribution in [3.8, 4) is 6.07 Å². The highest BCUT2D eigenvalue weighted by atomic mass is 16.5. The Labute approximate surface area is 103 Å². The summed E-state index contributed by atoms with van der Waals surface area (Å²) in [5.41, 5.74) is 2.06. The number of hydrogen-bond acceptors (Lipinski definition) is 4. The van der Waals surface area contributed by atoms with Gasteiger partial charge in [-0.15, -0.1) is 0 Å². The van der Waals surface area contributed by atoms with Crippen molar-refractivity contribution in [2.24, 2.45) is 0 Å². The minimum atomic E-state index is 0.537. The number of nitrogens with zero attached hydrogens (tertiary/aromatic N) is 3. The van der Waals surface area contributed by atoms with Crippen LogP contribution in [0.25, 0.3) is 0 Å². The average Bonchev–Trinajstić information content (AvgIpc) is 2.32. The molecule has 0 unspecified atom stereocenters. The first-order valence-electron chi connectivity index (χ1n) is 5.77. The molecule has 0 aliphatic heterocycles. The number of aryl methyl sites for hydroxylation is 1. The molecule has 0 saturated heterocycles. The van der Waals surface area contributed by atoms with Crippen LogP contribution < -0.4 is 0 Å². The van der Waals surface area contributed by atoms with Gasteiger partial charge in [-0.3, -0.25) is 9.88 Å². The van der Waals surface area contributed by atoms with Crippen LogP contribution in [0, 0.1) is 18.3 Å². The zero-order valence-corrected chi connectivity index (χ0v) is 10.5. The van der Waals surface area contributed by atoms with Crippen LogP contribution in [0.2, 0.25) is 0 Å². The van der Waals surface area contributed by atoms with E-state index in [4.69, 9.17) is 10.00 Å². The predicted molar refractivity (Wildman–Crippen MR) is 66.4 cm³/mol. The summed E-state index contributed by atoms with van der Waals surface area (Å²) in [7, 11) is 1.69. The summed E-state index contributed by atoms with van der Waals surface area (Å²) in [5, 5.41) is 8.63. The molecule has 4 nitrogen and oxygen atoms in total. The fraction of sp³-hybridized carbons (Fsp3) is 0.538. The van der Waals surface area contributed by atoms with Gasteiger partial charge in [-0.2, -0.15) is 5.26 Å². The molecule has 0 atom stereocenters.